The number of esters is 1. The summed E-state index contributed by atoms with van der Waals surface area (Å²) in [6, 6.07) is 0.433. The van der Waals surface area contributed by atoms with Crippen molar-refractivity contribution >= 4 is 17.7 Å². The number of rotatable bonds is 7. The first-order chi connectivity index (χ1) is 10.8. The Bertz CT molecular complexity index is 445. The van der Waals surface area contributed by atoms with Gasteiger partial charge in [0.05, 0.1) is 12.6 Å². The lowest BCUT2D eigenvalue weighted by Gasteiger charge is -2.20. The molecular formula is C15H26N4O2S. The summed E-state index contributed by atoms with van der Waals surface area (Å²) in [7, 11) is 0. The van der Waals surface area contributed by atoms with Crippen molar-refractivity contribution in [1.82, 2.24) is 20.2 Å². The Balaban J connectivity index is 1.79. The van der Waals surface area contributed by atoms with Gasteiger partial charge in [-0.3, -0.25) is 4.79 Å². The molecule has 0 unspecified atom stereocenters. The van der Waals surface area contributed by atoms with Gasteiger partial charge in [0.1, 0.15) is 0 Å². The molecule has 7 heteroatoms. The maximum atomic E-state index is 11.3. The van der Waals surface area contributed by atoms with Crippen LogP contribution in [0.25, 0.3) is 0 Å². The molecule has 1 aliphatic carbocycles. The Hall–Kier alpha value is -1.11. The molecule has 6 nitrogen and oxygen atoms in total. The molecule has 22 heavy (non-hydrogen) atoms. The summed E-state index contributed by atoms with van der Waals surface area (Å²) >= 11 is 1.64. The third kappa shape index (κ3) is 5.59. The zero-order chi connectivity index (χ0) is 15.6. The van der Waals surface area contributed by atoms with Gasteiger partial charge in [-0.15, -0.1) is 5.10 Å². The van der Waals surface area contributed by atoms with Gasteiger partial charge in [0, 0.05) is 12.2 Å². The molecule has 0 aromatic carbocycles. The van der Waals surface area contributed by atoms with Crippen molar-refractivity contribution in [2.24, 2.45) is 0 Å². The first kappa shape index (κ1) is 17.2. The molecule has 1 fully saturated rings. The molecule has 2 rings (SSSR count). The minimum absolute atomic E-state index is 0.122. The summed E-state index contributed by atoms with van der Waals surface area (Å²) < 4.78 is 6.93. The Morgan fingerprint density at radius 2 is 2.00 bits per heavy atom. The van der Waals surface area contributed by atoms with E-state index in [1.807, 2.05) is 11.6 Å². The minimum atomic E-state index is -0.122. The van der Waals surface area contributed by atoms with Crippen molar-refractivity contribution in [2.75, 3.05) is 12.4 Å². The fourth-order valence-corrected chi connectivity index (χ4v) is 3.69. The van der Waals surface area contributed by atoms with Crippen molar-refractivity contribution < 1.29 is 9.53 Å². The molecule has 0 atom stereocenters. The second-order valence-electron chi connectivity index (χ2n) is 5.66. The third-order valence-corrected chi connectivity index (χ3v) is 4.96. The molecule has 1 saturated carbocycles. The highest BCUT2D eigenvalue weighted by Gasteiger charge is 2.18. The number of thioether (sulfide) groups is 1. The van der Waals surface area contributed by atoms with E-state index in [1.165, 1.54) is 44.9 Å². The summed E-state index contributed by atoms with van der Waals surface area (Å²) in [5.74, 6) is 0.717. The van der Waals surface area contributed by atoms with Crippen LogP contribution >= 0.6 is 11.8 Å². The van der Waals surface area contributed by atoms with Crippen LogP contribution < -0.4 is 0 Å². The number of tetrazole rings is 1. The molecule has 0 bridgehead atoms. The maximum Gasteiger partial charge on any atom is 0.305 e. The van der Waals surface area contributed by atoms with Gasteiger partial charge in [-0.25, -0.2) is 4.68 Å². The average molecular weight is 326 g/mol. The zero-order valence-corrected chi connectivity index (χ0v) is 14.2. The smallest absolute Gasteiger partial charge is 0.305 e. The predicted molar refractivity (Wildman–Crippen MR) is 85.8 cm³/mol. The van der Waals surface area contributed by atoms with Crippen LogP contribution in [0.15, 0.2) is 5.16 Å². The number of nitrogens with zero attached hydrogens (tertiary/aromatic N) is 4. The molecule has 0 N–H and O–H groups in total. The molecule has 1 aliphatic rings. The second-order valence-corrected chi connectivity index (χ2v) is 6.72. The predicted octanol–water partition coefficient (Wildman–Crippen LogP) is 3.39. The fraction of sp³-hybridized carbons (Fsp3) is 0.867. The summed E-state index contributed by atoms with van der Waals surface area (Å²) in [5.41, 5.74) is 0. The number of aromatic nitrogens is 4. The van der Waals surface area contributed by atoms with E-state index in [9.17, 15) is 4.79 Å². The van der Waals surface area contributed by atoms with E-state index in [-0.39, 0.29) is 5.97 Å². The Labute approximate surface area is 136 Å². The molecule has 0 spiro atoms. The Morgan fingerprint density at radius 3 is 2.73 bits per heavy atom. The summed E-state index contributed by atoms with van der Waals surface area (Å²) in [6.07, 6.45) is 10.1. The molecular weight excluding hydrogens is 300 g/mol. The molecule has 1 aromatic heterocycles. The van der Waals surface area contributed by atoms with Crippen LogP contribution in [-0.2, 0) is 9.53 Å². The zero-order valence-electron chi connectivity index (χ0n) is 13.4. The molecule has 0 amide bonds. The van der Waals surface area contributed by atoms with Gasteiger partial charge in [-0.05, 0) is 36.6 Å². The quantitative estimate of drug-likeness (QED) is 0.434. The van der Waals surface area contributed by atoms with E-state index in [0.717, 1.165) is 17.3 Å². The molecule has 1 heterocycles. The molecule has 1 aromatic rings. The average Bonchev–Trinajstić information content (AvgIpc) is 2.92. The van der Waals surface area contributed by atoms with Crippen LogP contribution in [0.1, 0.15) is 70.8 Å². The van der Waals surface area contributed by atoms with Gasteiger partial charge in [0.2, 0.25) is 5.16 Å². The van der Waals surface area contributed by atoms with Crippen LogP contribution in [0.2, 0.25) is 0 Å². The van der Waals surface area contributed by atoms with Crippen LogP contribution in [0, 0.1) is 0 Å². The van der Waals surface area contributed by atoms with Crippen molar-refractivity contribution in [2.45, 2.75) is 75.9 Å². The van der Waals surface area contributed by atoms with Crippen molar-refractivity contribution in [1.29, 1.82) is 0 Å². The van der Waals surface area contributed by atoms with Gasteiger partial charge < -0.3 is 4.74 Å². The highest BCUT2D eigenvalue weighted by Crippen LogP contribution is 2.29. The van der Waals surface area contributed by atoms with Gasteiger partial charge >= 0.3 is 5.97 Å². The Morgan fingerprint density at radius 1 is 1.27 bits per heavy atom. The molecule has 0 saturated heterocycles. The standard InChI is InChI=1S/C15H26N4O2S/c1-2-21-14(20)11-8-12-22-15-16-17-18-19(15)13-9-6-4-3-5-7-10-13/h13H,2-12H2,1H3. The number of hydrogen-bond donors (Lipinski definition) is 0. The topological polar surface area (TPSA) is 69.9 Å². The number of ether oxygens (including phenoxy) is 1. The maximum absolute atomic E-state index is 11.3. The number of hydrogen-bond acceptors (Lipinski definition) is 6. The van der Waals surface area contributed by atoms with E-state index in [2.05, 4.69) is 15.5 Å². The lowest BCUT2D eigenvalue weighted by Crippen LogP contribution is -2.14. The van der Waals surface area contributed by atoms with E-state index < -0.39 is 0 Å². The van der Waals surface area contributed by atoms with Crippen molar-refractivity contribution in [3.05, 3.63) is 0 Å². The summed E-state index contributed by atoms with van der Waals surface area (Å²) in [6.45, 7) is 2.28. The van der Waals surface area contributed by atoms with Crippen LogP contribution in [0.4, 0.5) is 0 Å². The largest absolute Gasteiger partial charge is 0.466 e. The monoisotopic (exact) mass is 326 g/mol. The van der Waals surface area contributed by atoms with Crippen LogP contribution in [-0.4, -0.2) is 38.5 Å². The van der Waals surface area contributed by atoms with E-state index in [0.29, 0.717) is 19.1 Å². The minimum Gasteiger partial charge on any atom is -0.466 e. The normalized spacial score (nSPS) is 17.0. The third-order valence-electron chi connectivity index (χ3n) is 3.94. The number of carbonyl (C=O) groups excluding carboxylic acids is 1. The molecule has 0 aliphatic heterocycles. The molecule has 124 valence electrons. The highest BCUT2D eigenvalue weighted by atomic mass is 32.2. The van der Waals surface area contributed by atoms with Crippen LogP contribution in [0.5, 0.6) is 0 Å². The van der Waals surface area contributed by atoms with Crippen molar-refractivity contribution in [3.63, 3.8) is 0 Å². The van der Waals surface area contributed by atoms with Gasteiger partial charge in [0.25, 0.3) is 0 Å². The van der Waals surface area contributed by atoms with E-state index in [1.54, 1.807) is 11.8 Å². The first-order valence-electron chi connectivity index (χ1n) is 8.37. The highest BCUT2D eigenvalue weighted by molar-refractivity contribution is 7.99. The lowest BCUT2D eigenvalue weighted by molar-refractivity contribution is -0.143. The van der Waals surface area contributed by atoms with Crippen LogP contribution in [0.3, 0.4) is 0 Å². The molecule has 0 radical (unpaired) electrons. The van der Waals surface area contributed by atoms with Crippen molar-refractivity contribution in [3.8, 4) is 0 Å². The van der Waals surface area contributed by atoms with Gasteiger partial charge in [-0.1, -0.05) is 43.9 Å². The number of carbonyl (C=O) groups is 1. The summed E-state index contributed by atoms with van der Waals surface area (Å²) in [4.78, 5) is 11.3. The summed E-state index contributed by atoms with van der Waals surface area (Å²) in [5, 5.41) is 13.1. The second kappa shape index (κ2) is 9.82. The SMILES string of the molecule is CCOC(=O)CCCSc1nnnn1C1CCCCCCC1. The first-order valence-corrected chi connectivity index (χ1v) is 9.36. The Kier molecular flexibility index (Phi) is 7.70. The van der Waals surface area contributed by atoms with E-state index >= 15 is 0 Å². The van der Waals surface area contributed by atoms with Gasteiger partial charge in [-0.2, -0.15) is 0 Å². The van der Waals surface area contributed by atoms with E-state index in [4.69, 9.17) is 4.74 Å². The lowest BCUT2D eigenvalue weighted by atomic mass is 9.97. The fourth-order valence-electron chi connectivity index (χ4n) is 2.80. The van der Waals surface area contributed by atoms with Gasteiger partial charge in [0.15, 0.2) is 0 Å².